The van der Waals surface area contributed by atoms with E-state index in [1.807, 2.05) is 18.2 Å². The van der Waals surface area contributed by atoms with Gasteiger partial charge in [-0.3, -0.25) is 4.79 Å². The van der Waals surface area contributed by atoms with Gasteiger partial charge in [0.15, 0.2) is 5.78 Å². The number of hydrogen-bond acceptors (Lipinski definition) is 2. The van der Waals surface area contributed by atoms with Crippen LogP contribution in [0.3, 0.4) is 0 Å². The number of benzene rings is 2. The lowest BCUT2D eigenvalue weighted by molar-refractivity contribution is 0.104. The number of halogens is 2. The van der Waals surface area contributed by atoms with Gasteiger partial charge in [-0.05, 0) is 40.2 Å². The van der Waals surface area contributed by atoms with Crippen LogP contribution < -0.4 is 4.74 Å². The Balaban J connectivity index is 2.21. The second-order valence-corrected chi connectivity index (χ2v) is 5.75. The number of nitrogens with one attached hydrogen (secondary N) is 1. The lowest BCUT2D eigenvalue weighted by Crippen LogP contribution is -2.02. The van der Waals surface area contributed by atoms with Crippen molar-refractivity contribution in [3.05, 3.63) is 63.2 Å². The minimum atomic E-state index is -0.142. The van der Waals surface area contributed by atoms with Crippen molar-refractivity contribution in [2.24, 2.45) is 0 Å². The molecule has 106 valence electrons. The highest BCUT2D eigenvalue weighted by molar-refractivity contribution is 9.10. The minimum Gasteiger partial charge on any atom is -0.496 e. The van der Waals surface area contributed by atoms with Crippen molar-refractivity contribution in [2.75, 3.05) is 7.11 Å². The van der Waals surface area contributed by atoms with Gasteiger partial charge in [-0.15, -0.1) is 0 Å². The predicted molar refractivity (Wildman–Crippen MR) is 87.4 cm³/mol. The number of hydrogen-bond donors (Lipinski definition) is 1. The summed E-state index contributed by atoms with van der Waals surface area (Å²) in [4.78, 5) is 15.9. The molecule has 3 nitrogen and oxygen atoms in total. The second-order valence-electron chi connectivity index (χ2n) is 4.52. The third-order valence-corrected chi connectivity index (χ3v) is 4.62. The second kappa shape index (κ2) is 5.54. The topological polar surface area (TPSA) is 42.1 Å². The van der Waals surface area contributed by atoms with Gasteiger partial charge in [0.2, 0.25) is 0 Å². The molecule has 1 aromatic heterocycles. The van der Waals surface area contributed by atoms with Crippen LogP contribution in [0.25, 0.3) is 10.9 Å². The molecule has 3 aromatic rings. The van der Waals surface area contributed by atoms with Crippen LogP contribution in [0, 0.1) is 0 Å². The molecule has 0 saturated heterocycles. The molecular formula is C16H11BrClNO2. The molecule has 0 fully saturated rings. The number of aromatic amines is 1. The van der Waals surface area contributed by atoms with Crippen LogP contribution in [0.2, 0.25) is 5.02 Å². The maximum absolute atomic E-state index is 12.8. The summed E-state index contributed by atoms with van der Waals surface area (Å²) in [6.07, 6.45) is 1.69. The molecule has 2 aromatic carbocycles. The largest absolute Gasteiger partial charge is 0.496 e. The minimum absolute atomic E-state index is 0.142. The van der Waals surface area contributed by atoms with Crippen LogP contribution in [0.5, 0.6) is 5.75 Å². The summed E-state index contributed by atoms with van der Waals surface area (Å²) >= 11 is 9.56. The van der Waals surface area contributed by atoms with E-state index in [1.54, 1.807) is 31.5 Å². The zero-order valence-electron chi connectivity index (χ0n) is 11.1. The molecule has 0 spiro atoms. The first-order valence-corrected chi connectivity index (χ1v) is 7.43. The van der Waals surface area contributed by atoms with Crippen LogP contribution >= 0.6 is 27.5 Å². The van der Waals surface area contributed by atoms with E-state index in [9.17, 15) is 4.79 Å². The van der Waals surface area contributed by atoms with Crippen LogP contribution in [0.4, 0.5) is 0 Å². The Hall–Kier alpha value is -1.78. The number of H-pyrrole nitrogens is 1. The summed E-state index contributed by atoms with van der Waals surface area (Å²) in [5, 5.41) is 1.17. The van der Waals surface area contributed by atoms with Crippen LogP contribution in [0.1, 0.15) is 15.9 Å². The lowest BCUT2D eigenvalue weighted by atomic mass is 10.0. The normalized spacial score (nSPS) is 10.8. The molecule has 0 saturated carbocycles. The van der Waals surface area contributed by atoms with Crippen molar-refractivity contribution < 1.29 is 9.53 Å². The standard InChI is InChI=1S/C16H11BrClNO2/c1-21-13-7-3-6-12-14(13)10(8-19-12)16(20)9-4-2-5-11(17)15(9)18/h2-8,19H,1H3. The summed E-state index contributed by atoms with van der Waals surface area (Å²) in [6, 6.07) is 10.9. The maximum Gasteiger partial charge on any atom is 0.196 e. The van der Waals surface area contributed by atoms with Crippen molar-refractivity contribution in [1.29, 1.82) is 0 Å². The number of fused-ring (bicyclic) bond motifs is 1. The van der Waals surface area contributed by atoms with Crippen molar-refractivity contribution in [3.8, 4) is 5.75 Å². The molecule has 0 radical (unpaired) electrons. The smallest absolute Gasteiger partial charge is 0.196 e. The molecule has 0 amide bonds. The van der Waals surface area contributed by atoms with Gasteiger partial charge in [0.25, 0.3) is 0 Å². The number of ketones is 1. The highest BCUT2D eigenvalue weighted by Gasteiger charge is 2.20. The number of carbonyl (C=O) groups is 1. The van der Waals surface area contributed by atoms with Gasteiger partial charge < -0.3 is 9.72 Å². The first-order valence-electron chi connectivity index (χ1n) is 6.26. The van der Waals surface area contributed by atoms with Crippen LogP contribution in [0.15, 0.2) is 47.1 Å². The van der Waals surface area contributed by atoms with Gasteiger partial charge in [-0.1, -0.05) is 23.7 Å². The van der Waals surface area contributed by atoms with E-state index in [0.717, 1.165) is 10.9 Å². The Bertz CT molecular complexity index is 841. The molecule has 1 N–H and O–H groups in total. The molecule has 0 bridgehead atoms. The Morgan fingerprint density at radius 2 is 1.95 bits per heavy atom. The zero-order chi connectivity index (χ0) is 15.0. The molecular weight excluding hydrogens is 354 g/mol. The fourth-order valence-corrected chi connectivity index (χ4v) is 2.90. The van der Waals surface area contributed by atoms with Crippen molar-refractivity contribution in [3.63, 3.8) is 0 Å². The molecule has 0 aliphatic carbocycles. The van der Waals surface area contributed by atoms with Crippen molar-refractivity contribution in [2.45, 2.75) is 0 Å². The fourth-order valence-electron chi connectivity index (χ4n) is 2.32. The summed E-state index contributed by atoms with van der Waals surface area (Å²) in [5.41, 5.74) is 1.85. The van der Waals surface area contributed by atoms with Gasteiger partial charge in [0, 0.05) is 21.7 Å². The van der Waals surface area contributed by atoms with E-state index in [0.29, 0.717) is 26.4 Å². The van der Waals surface area contributed by atoms with Gasteiger partial charge in [0.1, 0.15) is 5.75 Å². The lowest BCUT2D eigenvalue weighted by Gasteiger charge is -2.06. The fraction of sp³-hybridized carbons (Fsp3) is 0.0625. The average Bonchev–Trinajstić information content (AvgIpc) is 2.93. The summed E-state index contributed by atoms with van der Waals surface area (Å²) in [7, 11) is 1.59. The molecule has 21 heavy (non-hydrogen) atoms. The number of ether oxygens (including phenoxy) is 1. The van der Waals surface area contributed by atoms with Crippen molar-refractivity contribution in [1.82, 2.24) is 4.98 Å². The molecule has 3 rings (SSSR count). The zero-order valence-corrected chi connectivity index (χ0v) is 13.5. The Kier molecular flexibility index (Phi) is 3.74. The SMILES string of the molecule is COc1cccc2[nH]cc(C(=O)c3cccc(Br)c3Cl)c12. The highest BCUT2D eigenvalue weighted by atomic mass is 79.9. The molecule has 0 unspecified atom stereocenters. The van der Waals surface area contributed by atoms with E-state index in [1.165, 1.54) is 0 Å². The quantitative estimate of drug-likeness (QED) is 0.677. The van der Waals surface area contributed by atoms with E-state index in [-0.39, 0.29) is 5.78 Å². The monoisotopic (exact) mass is 363 g/mol. The maximum atomic E-state index is 12.8. The summed E-state index contributed by atoms with van der Waals surface area (Å²) in [6.45, 7) is 0. The van der Waals surface area contributed by atoms with E-state index >= 15 is 0 Å². The average molecular weight is 365 g/mol. The highest BCUT2D eigenvalue weighted by Crippen LogP contribution is 2.33. The predicted octanol–water partition coefficient (Wildman–Crippen LogP) is 4.82. The molecule has 0 aliphatic rings. The molecule has 0 aliphatic heterocycles. The molecule has 0 atom stereocenters. The van der Waals surface area contributed by atoms with E-state index in [2.05, 4.69) is 20.9 Å². The Labute approximate surface area is 135 Å². The molecule has 5 heteroatoms. The van der Waals surface area contributed by atoms with E-state index < -0.39 is 0 Å². The van der Waals surface area contributed by atoms with Crippen molar-refractivity contribution >= 4 is 44.2 Å². The van der Waals surface area contributed by atoms with Gasteiger partial charge in [-0.25, -0.2) is 0 Å². The first-order chi connectivity index (χ1) is 10.1. The summed E-state index contributed by atoms with van der Waals surface area (Å²) in [5.74, 6) is 0.514. The van der Waals surface area contributed by atoms with Gasteiger partial charge in [-0.2, -0.15) is 0 Å². The van der Waals surface area contributed by atoms with Gasteiger partial charge in [0.05, 0.1) is 23.1 Å². The van der Waals surface area contributed by atoms with E-state index in [4.69, 9.17) is 16.3 Å². The first kappa shape index (κ1) is 14.2. The van der Waals surface area contributed by atoms with Crippen LogP contribution in [-0.4, -0.2) is 17.9 Å². The number of methoxy groups -OCH3 is 1. The Morgan fingerprint density at radius 1 is 1.19 bits per heavy atom. The number of rotatable bonds is 3. The third kappa shape index (κ3) is 2.34. The van der Waals surface area contributed by atoms with Crippen LogP contribution in [-0.2, 0) is 0 Å². The third-order valence-electron chi connectivity index (χ3n) is 3.33. The van der Waals surface area contributed by atoms with Gasteiger partial charge >= 0.3 is 0 Å². The summed E-state index contributed by atoms with van der Waals surface area (Å²) < 4.78 is 6.05. The molecule has 1 heterocycles. The Morgan fingerprint density at radius 3 is 2.71 bits per heavy atom. The number of aromatic nitrogens is 1. The number of carbonyl (C=O) groups excluding carboxylic acids is 1.